The van der Waals surface area contributed by atoms with Crippen LogP contribution in [-0.4, -0.2) is 13.2 Å². The molecule has 6 heteroatoms. The van der Waals surface area contributed by atoms with Gasteiger partial charge in [-0.3, -0.25) is 0 Å². The second-order valence-corrected chi connectivity index (χ2v) is 5.22. The highest BCUT2D eigenvalue weighted by Crippen LogP contribution is 2.29. The number of nitrogens with one attached hydrogen (secondary N) is 1. The van der Waals surface area contributed by atoms with Gasteiger partial charge in [0.2, 0.25) is 0 Å². The predicted molar refractivity (Wildman–Crippen MR) is 79.5 cm³/mol. The monoisotopic (exact) mass is 361 g/mol. The van der Waals surface area contributed by atoms with Gasteiger partial charge < -0.3 is 10.1 Å². The summed E-state index contributed by atoms with van der Waals surface area (Å²) in [6.45, 7) is 0.652. The highest BCUT2D eigenvalue weighted by atomic mass is 79.9. The number of para-hydroxylation sites is 1. The lowest BCUT2D eigenvalue weighted by atomic mass is 10.3. The van der Waals surface area contributed by atoms with E-state index in [-0.39, 0.29) is 16.8 Å². The van der Waals surface area contributed by atoms with Crippen LogP contribution in [0.2, 0.25) is 5.02 Å². The molecule has 0 unspecified atom stereocenters. The first kappa shape index (κ1) is 15.1. The minimum Gasteiger partial charge on any atom is -0.487 e. The molecule has 0 bridgehead atoms. The lowest BCUT2D eigenvalue weighted by Gasteiger charge is -2.11. The minimum absolute atomic E-state index is 0.00708. The fraction of sp³-hybridized carbons (Fsp3) is 0.143. The highest BCUT2D eigenvalue weighted by molar-refractivity contribution is 9.10. The lowest BCUT2D eigenvalue weighted by molar-refractivity contribution is 0.311. The van der Waals surface area contributed by atoms with Crippen molar-refractivity contribution in [1.82, 2.24) is 0 Å². The topological polar surface area (TPSA) is 21.3 Å². The van der Waals surface area contributed by atoms with Gasteiger partial charge in [-0.05, 0) is 34.1 Å². The molecule has 2 aromatic carbocycles. The van der Waals surface area contributed by atoms with Gasteiger partial charge in [-0.25, -0.2) is 8.78 Å². The summed E-state index contributed by atoms with van der Waals surface area (Å²) in [4.78, 5) is 0. The van der Waals surface area contributed by atoms with Crippen LogP contribution in [0.25, 0.3) is 0 Å². The largest absolute Gasteiger partial charge is 0.487 e. The van der Waals surface area contributed by atoms with E-state index < -0.39 is 11.6 Å². The zero-order valence-electron chi connectivity index (χ0n) is 10.3. The van der Waals surface area contributed by atoms with E-state index in [1.165, 1.54) is 0 Å². The highest BCUT2D eigenvalue weighted by Gasteiger charge is 2.10. The summed E-state index contributed by atoms with van der Waals surface area (Å²) in [5.74, 6) is -1.40. The Hall–Kier alpha value is -1.33. The van der Waals surface area contributed by atoms with Crippen molar-refractivity contribution in [1.29, 1.82) is 0 Å². The van der Waals surface area contributed by atoms with Crippen molar-refractivity contribution in [2.24, 2.45) is 0 Å². The Morgan fingerprint density at radius 2 is 1.95 bits per heavy atom. The lowest BCUT2D eigenvalue weighted by Crippen LogP contribution is -2.12. The summed E-state index contributed by atoms with van der Waals surface area (Å²) >= 11 is 9.04. The Bertz CT molecular complexity index is 586. The van der Waals surface area contributed by atoms with E-state index in [9.17, 15) is 8.78 Å². The van der Waals surface area contributed by atoms with Crippen LogP contribution < -0.4 is 10.1 Å². The fourth-order valence-electron chi connectivity index (χ4n) is 1.61. The number of halogens is 4. The van der Waals surface area contributed by atoms with Crippen molar-refractivity contribution in [2.45, 2.75) is 0 Å². The zero-order valence-corrected chi connectivity index (χ0v) is 12.6. The van der Waals surface area contributed by atoms with Crippen LogP contribution in [0.4, 0.5) is 14.5 Å². The normalized spacial score (nSPS) is 10.4. The second-order valence-electron chi connectivity index (χ2n) is 3.95. The van der Waals surface area contributed by atoms with Crippen LogP contribution in [0, 0.1) is 11.6 Å². The van der Waals surface area contributed by atoms with Gasteiger partial charge in [0, 0.05) is 12.6 Å². The van der Waals surface area contributed by atoms with E-state index in [1.54, 1.807) is 6.07 Å². The molecule has 2 nitrogen and oxygen atoms in total. The molecule has 2 aromatic rings. The molecule has 0 atom stereocenters. The standard InChI is InChI=1S/C14H11BrClF2NO/c15-10-7-9(17)8-12(18)14(10)20-6-5-19-13-4-2-1-3-11(13)16/h1-4,7-8,19H,5-6H2. The first-order chi connectivity index (χ1) is 9.58. The molecule has 0 amide bonds. The number of benzene rings is 2. The predicted octanol–water partition coefficient (Wildman–Crippen LogP) is 4.87. The molecule has 0 aliphatic carbocycles. The quantitative estimate of drug-likeness (QED) is 0.766. The Balaban J connectivity index is 1.90. The van der Waals surface area contributed by atoms with Gasteiger partial charge in [0.15, 0.2) is 11.6 Å². The fourth-order valence-corrected chi connectivity index (χ4v) is 2.34. The summed E-state index contributed by atoms with van der Waals surface area (Å²) < 4.78 is 31.9. The molecule has 0 aliphatic heterocycles. The molecule has 106 valence electrons. The van der Waals surface area contributed by atoms with E-state index >= 15 is 0 Å². The van der Waals surface area contributed by atoms with Crippen LogP contribution in [0.15, 0.2) is 40.9 Å². The molecular formula is C14H11BrClF2NO. The molecule has 20 heavy (non-hydrogen) atoms. The van der Waals surface area contributed by atoms with E-state index in [1.807, 2.05) is 18.2 Å². The van der Waals surface area contributed by atoms with Gasteiger partial charge >= 0.3 is 0 Å². The maximum atomic E-state index is 13.5. The first-order valence-electron chi connectivity index (χ1n) is 5.83. The van der Waals surface area contributed by atoms with Crippen LogP contribution in [0.5, 0.6) is 5.75 Å². The maximum Gasteiger partial charge on any atom is 0.169 e. The molecule has 0 aliphatic rings. The van der Waals surface area contributed by atoms with Crippen LogP contribution in [0.1, 0.15) is 0 Å². The third-order valence-electron chi connectivity index (χ3n) is 2.50. The van der Waals surface area contributed by atoms with Crippen molar-refractivity contribution in [3.63, 3.8) is 0 Å². The van der Waals surface area contributed by atoms with Gasteiger partial charge in [0.25, 0.3) is 0 Å². The number of hydrogen-bond acceptors (Lipinski definition) is 2. The average molecular weight is 363 g/mol. The average Bonchev–Trinajstić information content (AvgIpc) is 2.38. The summed E-state index contributed by atoms with van der Waals surface area (Å²) in [5, 5.41) is 3.66. The molecule has 0 aromatic heterocycles. The molecule has 0 fully saturated rings. The van der Waals surface area contributed by atoms with Crippen LogP contribution >= 0.6 is 27.5 Å². The van der Waals surface area contributed by atoms with Crippen molar-refractivity contribution >= 4 is 33.2 Å². The number of hydrogen-bond donors (Lipinski definition) is 1. The molecule has 0 heterocycles. The summed E-state index contributed by atoms with van der Waals surface area (Å²) in [6.07, 6.45) is 0. The maximum absolute atomic E-state index is 13.5. The Morgan fingerprint density at radius 3 is 2.65 bits per heavy atom. The van der Waals surface area contributed by atoms with Crippen molar-refractivity contribution in [3.05, 3.63) is 57.5 Å². The minimum atomic E-state index is -0.741. The van der Waals surface area contributed by atoms with Gasteiger partial charge in [0.1, 0.15) is 12.4 Å². The number of rotatable bonds is 5. The summed E-state index contributed by atoms with van der Waals surface area (Å²) in [7, 11) is 0. The van der Waals surface area contributed by atoms with Gasteiger partial charge in [-0.15, -0.1) is 0 Å². The molecule has 0 saturated carbocycles. The Labute approximate surface area is 128 Å². The van der Waals surface area contributed by atoms with Gasteiger partial charge in [0.05, 0.1) is 15.2 Å². The smallest absolute Gasteiger partial charge is 0.169 e. The molecular weight excluding hydrogens is 352 g/mol. The van der Waals surface area contributed by atoms with Crippen LogP contribution in [0.3, 0.4) is 0 Å². The summed E-state index contributed by atoms with van der Waals surface area (Å²) in [5.41, 5.74) is 0.774. The van der Waals surface area contributed by atoms with Crippen molar-refractivity contribution in [3.8, 4) is 5.75 Å². The number of anilines is 1. The zero-order chi connectivity index (χ0) is 14.5. The molecule has 0 radical (unpaired) electrons. The number of ether oxygens (including phenoxy) is 1. The van der Waals surface area contributed by atoms with Crippen LogP contribution in [-0.2, 0) is 0 Å². The first-order valence-corrected chi connectivity index (χ1v) is 7.01. The molecule has 0 saturated heterocycles. The molecule has 0 spiro atoms. The van der Waals surface area contributed by atoms with Gasteiger partial charge in [-0.1, -0.05) is 23.7 Å². The van der Waals surface area contributed by atoms with E-state index in [2.05, 4.69) is 21.2 Å². The second kappa shape index (κ2) is 6.90. The summed E-state index contributed by atoms with van der Waals surface area (Å²) in [6, 6.07) is 9.21. The third kappa shape index (κ3) is 3.84. The van der Waals surface area contributed by atoms with E-state index in [0.29, 0.717) is 11.6 Å². The van der Waals surface area contributed by atoms with Gasteiger partial charge in [-0.2, -0.15) is 0 Å². The molecule has 1 N–H and O–H groups in total. The molecule has 2 rings (SSSR count). The van der Waals surface area contributed by atoms with E-state index in [4.69, 9.17) is 16.3 Å². The SMILES string of the molecule is Fc1cc(F)c(OCCNc2ccccc2Cl)c(Br)c1. The van der Waals surface area contributed by atoms with Crippen molar-refractivity contribution in [2.75, 3.05) is 18.5 Å². The Morgan fingerprint density at radius 1 is 1.20 bits per heavy atom. The Kier molecular flexibility index (Phi) is 5.20. The van der Waals surface area contributed by atoms with Crippen molar-refractivity contribution < 1.29 is 13.5 Å². The third-order valence-corrected chi connectivity index (χ3v) is 3.42. The van der Waals surface area contributed by atoms with E-state index in [0.717, 1.165) is 17.8 Å².